The van der Waals surface area contributed by atoms with Gasteiger partial charge in [0.15, 0.2) is 0 Å². The predicted octanol–water partition coefficient (Wildman–Crippen LogP) is -0.506. The molecule has 0 aliphatic carbocycles. The Balaban J connectivity index is 1.79. The van der Waals surface area contributed by atoms with E-state index in [9.17, 15) is 9.59 Å². The van der Waals surface area contributed by atoms with Crippen LogP contribution < -0.4 is 10.6 Å². The number of amides is 2. The van der Waals surface area contributed by atoms with Gasteiger partial charge in [-0.2, -0.15) is 0 Å². The fourth-order valence-electron chi connectivity index (χ4n) is 2.51. The molecule has 0 radical (unpaired) electrons. The summed E-state index contributed by atoms with van der Waals surface area (Å²) in [5.74, 6) is -0.941. The van der Waals surface area contributed by atoms with Crippen molar-refractivity contribution in [1.29, 1.82) is 0 Å². The van der Waals surface area contributed by atoms with E-state index in [2.05, 4.69) is 10.6 Å². The second kappa shape index (κ2) is 6.34. The minimum atomic E-state index is -0.515. The molecule has 6 nitrogen and oxygen atoms in total. The molecule has 2 saturated heterocycles. The highest BCUT2D eigenvalue weighted by Crippen LogP contribution is 2.23. The van der Waals surface area contributed by atoms with Gasteiger partial charge in [0.1, 0.15) is 0 Å². The highest BCUT2D eigenvalue weighted by molar-refractivity contribution is 6.35. The molecule has 1 atom stereocenters. The molecule has 2 rings (SSSR count). The molecule has 0 aromatic rings. The summed E-state index contributed by atoms with van der Waals surface area (Å²) in [5.41, 5.74) is -0.309. The van der Waals surface area contributed by atoms with Gasteiger partial charge in [-0.3, -0.25) is 9.59 Å². The van der Waals surface area contributed by atoms with Crippen LogP contribution in [-0.4, -0.2) is 61.6 Å². The zero-order valence-corrected chi connectivity index (χ0v) is 11.5. The Kier molecular flexibility index (Phi) is 4.76. The van der Waals surface area contributed by atoms with E-state index >= 15 is 0 Å². The summed E-state index contributed by atoms with van der Waals surface area (Å²) in [5, 5.41) is 5.92. The van der Waals surface area contributed by atoms with Gasteiger partial charge in [-0.1, -0.05) is 0 Å². The molecule has 19 heavy (non-hydrogen) atoms. The summed E-state index contributed by atoms with van der Waals surface area (Å²) in [6, 6.07) is 0. The molecule has 2 aliphatic rings. The molecule has 0 aromatic heterocycles. The lowest BCUT2D eigenvalue weighted by Gasteiger charge is -2.24. The number of nitrogens with zero attached hydrogens (tertiary/aromatic N) is 1. The van der Waals surface area contributed by atoms with E-state index in [1.807, 2.05) is 6.92 Å². The maximum Gasteiger partial charge on any atom is 0.311 e. The van der Waals surface area contributed by atoms with Gasteiger partial charge in [0, 0.05) is 32.8 Å². The number of hydrogen-bond donors (Lipinski definition) is 2. The molecule has 0 spiro atoms. The standard InChI is InChI=1S/C13H23N3O3/c1-13(4-2-9-19-13)10-15-11(17)12(18)16-7-3-5-14-6-8-16/h14H,2-10H2,1H3,(H,15,17). The van der Waals surface area contributed by atoms with Gasteiger partial charge in [-0.15, -0.1) is 0 Å². The van der Waals surface area contributed by atoms with Gasteiger partial charge < -0.3 is 20.3 Å². The molecule has 2 fully saturated rings. The molecule has 2 aliphatic heterocycles. The summed E-state index contributed by atoms with van der Waals surface area (Å²) < 4.78 is 5.59. The summed E-state index contributed by atoms with van der Waals surface area (Å²) in [7, 11) is 0. The van der Waals surface area contributed by atoms with Crippen LogP contribution >= 0.6 is 0 Å². The lowest BCUT2D eigenvalue weighted by Crippen LogP contribution is -2.48. The highest BCUT2D eigenvalue weighted by Gasteiger charge is 2.31. The number of ether oxygens (including phenoxy) is 1. The molecular weight excluding hydrogens is 246 g/mol. The van der Waals surface area contributed by atoms with E-state index in [0.717, 1.165) is 39.0 Å². The molecule has 6 heteroatoms. The molecule has 1 unspecified atom stereocenters. The number of rotatable bonds is 2. The van der Waals surface area contributed by atoms with Crippen molar-refractivity contribution in [3.8, 4) is 0 Å². The first kappa shape index (κ1) is 14.3. The van der Waals surface area contributed by atoms with E-state index < -0.39 is 11.8 Å². The van der Waals surface area contributed by atoms with Crippen molar-refractivity contribution < 1.29 is 14.3 Å². The van der Waals surface area contributed by atoms with E-state index in [1.165, 1.54) is 0 Å². The van der Waals surface area contributed by atoms with Crippen molar-refractivity contribution in [3.63, 3.8) is 0 Å². The topological polar surface area (TPSA) is 70.7 Å². The van der Waals surface area contributed by atoms with Crippen molar-refractivity contribution >= 4 is 11.8 Å². The van der Waals surface area contributed by atoms with Gasteiger partial charge >= 0.3 is 11.8 Å². The Labute approximate surface area is 113 Å². The van der Waals surface area contributed by atoms with Crippen LogP contribution in [0.1, 0.15) is 26.2 Å². The SMILES string of the molecule is CC1(CNC(=O)C(=O)N2CCCNCC2)CCCO1. The van der Waals surface area contributed by atoms with Crippen molar-refractivity contribution in [2.24, 2.45) is 0 Å². The minimum absolute atomic E-state index is 0.309. The van der Waals surface area contributed by atoms with Crippen LogP contribution in [-0.2, 0) is 14.3 Å². The first-order chi connectivity index (χ1) is 9.11. The third-order valence-corrected chi connectivity index (χ3v) is 3.74. The largest absolute Gasteiger partial charge is 0.373 e. The van der Waals surface area contributed by atoms with Crippen LogP contribution in [0.3, 0.4) is 0 Å². The minimum Gasteiger partial charge on any atom is -0.373 e. The lowest BCUT2D eigenvalue weighted by atomic mass is 10.0. The average molecular weight is 269 g/mol. The van der Waals surface area contributed by atoms with Gasteiger partial charge in [0.2, 0.25) is 0 Å². The summed E-state index contributed by atoms with van der Waals surface area (Å²) in [6.07, 6.45) is 2.83. The van der Waals surface area contributed by atoms with E-state index in [4.69, 9.17) is 4.74 Å². The predicted molar refractivity (Wildman–Crippen MR) is 70.7 cm³/mol. The molecule has 2 N–H and O–H groups in total. The molecular formula is C13H23N3O3. The fraction of sp³-hybridized carbons (Fsp3) is 0.846. The third-order valence-electron chi connectivity index (χ3n) is 3.74. The van der Waals surface area contributed by atoms with E-state index in [-0.39, 0.29) is 5.60 Å². The van der Waals surface area contributed by atoms with E-state index in [0.29, 0.717) is 19.6 Å². The maximum atomic E-state index is 12.0. The second-order valence-electron chi connectivity index (χ2n) is 5.48. The fourth-order valence-corrected chi connectivity index (χ4v) is 2.51. The average Bonchev–Trinajstić information content (AvgIpc) is 2.68. The van der Waals surface area contributed by atoms with Crippen molar-refractivity contribution in [2.45, 2.75) is 31.8 Å². The van der Waals surface area contributed by atoms with Gasteiger partial charge in [-0.25, -0.2) is 0 Å². The highest BCUT2D eigenvalue weighted by atomic mass is 16.5. The third kappa shape index (κ3) is 3.91. The molecule has 0 bridgehead atoms. The number of carbonyl (C=O) groups excluding carboxylic acids is 2. The zero-order chi connectivity index (χ0) is 13.7. The molecule has 108 valence electrons. The quantitative estimate of drug-likeness (QED) is 0.663. The lowest BCUT2D eigenvalue weighted by molar-refractivity contribution is -0.146. The molecule has 0 saturated carbocycles. The second-order valence-corrected chi connectivity index (χ2v) is 5.48. The van der Waals surface area contributed by atoms with Crippen molar-refractivity contribution in [1.82, 2.24) is 15.5 Å². The van der Waals surface area contributed by atoms with Gasteiger partial charge in [0.25, 0.3) is 0 Å². The Bertz CT molecular complexity index is 332. The van der Waals surface area contributed by atoms with Crippen LogP contribution in [0, 0.1) is 0 Å². The number of carbonyl (C=O) groups is 2. The van der Waals surface area contributed by atoms with Crippen molar-refractivity contribution in [3.05, 3.63) is 0 Å². The van der Waals surface area contributed by atoms with Gasteiger partial charge in [-0.05, 0) is 32.7 Å². The molecule has 0 aromatic carbocycles. The van der Waals surface area contributed by atoms with E-state index in [1.54, 1.807) is 4.90 Å². The van der Waals surface area contributed by atoms with Crippen LogP contribution in [0.2, 0.25) is 0 Å². The van der Waals surface area contributed by atoms with Crippen LogP contribution in [0.4, 0.5) is 0 Å². The Morgan fingerprint density at radius 1 is 1.32 bits per heavy atom. The Morgan fingerprint density at radius 2 is 2.16 bits per heavy atom. The summed E-state index contributed by atoms with van der Waals surface area (Å²) >= 11 is 0. The van der Waals surface area contributed by atoms with Gasteiger partial charge in [0.05, 0.1) is 5.60 Å². The normalized spacial score (nSPS) is 27.9. The maximum absolute atomic E-state index is 12.0. The molecule has 2 heterocycles. The van der Waals surface area contributed by atoms with Crippen LogP contribution in [0.25, 0.3) is 0 Å². The number of nitrogens with one attached hydrogen (secondary N) is 2. The first-order valence-electron chi connectivity index (χ1n) is 7.02. The summed E-state index contributed by atoms with van der Waals surface area (Å²) in [4.78, 5) is 25.5. The number of hydrogen-bond acceptors (Lipinski definition) is 4. The molecule has 2 amide bonds. The van der Waals surface area contributed by atoms with Crippen LogP contribution in [0.15, 0.2) is 0 Å². The monoisotopic (exact) mass is 269 g/mol. The first-order valence-corrected chi connectivity index (χ1v) is 7.02. The Hall–Kier alpha value is -1.14. The van der Waals surface area contributed by atoms with Crippen LogP contribution in [0.5, 0.6) is 0 Å². The smallest absolute Gasteiger partial charge is 0.311 e. The Morgan fingerprint density at radius 3 is 2.89 bits per heavy atom. The zero-order valence-electron chi connectivity index (χ0n) is 11.5. The summed E-state index contributed by atoms with van der Waals surface area (Å²) in [6.45, 7) is 6.01. The van der Waals surface area contributed by atoms with Crippen molar-refractivity contribution in [2.75, 3.05) is 39.3 Å².